The maximum atomic E-state index is 13.3. The Morgan fingerprint density at radius 1 is 1.15 bits per heavy atom. The lowest BCUT2D eigenvalue weighted by atomic mass is 10.3. The largest absolute Gasteiger partial charge is 0.497 e. The molecule has 0 fully saturated rings. The van der Waals surface area contributed by atoms with E-state index >= 15 is 0 Å². The lowest BCUT2D eigenvalue weighted by molar-refractivity contribution is 0.392. The number of benzene rings is 2. The highest BCUT2D eigenvalue weighted by Crippen LogP contribution is 2.27. The first-order valence-corrected chi connectivity index (χ1v) is 9.44. The number of nitrogens with zero attached hydrogens (tertiary/aromatic N) is 1. The molecule has 0 unspecified atom stereocenters. The van der Waals surface area contributed by atoms with E-state index in [1.54, 1.807) is 6.07 Å². The van der Waals surface area contributed by atoms with Crippen LogP contribution in [0.2, 0.25) is 0 Å². The molecule has 8 nitrogen and oxygen atoms in total. The zero-order valence-corrected chi connectivity index (χ0v) is 15.5. The van der Waals surface area contributed by atoms with Crippen molar-refractivity contribution in [2.45, 2.75) is 11.4 Å². The van der Waals surface area contributed by atoms with Crippen molar-refractivity contribution >= 4 is 21.1 Å². The van der Waals surface area contributed by atoms with Crippen molar-refractivity contribution in [3.8, 4) is 11.5 Å². The molecule has 1 heterocycles. The number of halogens is 1. The predicted molar refractivity (Wildman–Crippen MR) is 97.3 cm³/mol. The van der Waals surface area contributed by atoms with E-state index in [0.29, 0.717) is 16.8 Å². The van der Waals surface area contributed by atoms with Gasteiger partial charge < -0.3 is 14.5 Å². The Morgan fingerprint density at radius 2 is 1.93 bits per heavy atom. The average Bonchev–Trinajstić information content (AvgIpc) is 2.95. The smallest absolute Gasteiger partial charge is 0.326 e. The molecule has 0 amide bonds. The van der Waals surface area contributed by atoms with Crippen LogP contribution in [0.1, 0.15) is 0 Å². The first kappa shape index (κ1) is 18.9. The van der Waals surface area contributed by atoms with E-state index < -0.39 is 21.5 Å². The second-order valence-electron chi connectivity index (χ2n) is 5.66. The SMILES string of the molecule is COc1ccc(OC)c(S(=O)(=O)NCCn2c(=O)[nH]c3cc(F)ccc32)c1. The van der Waals surface area contributed by atoms with Gasteiger partial charge in [0.1, 0.15) is 22.2 Å². The van der Waals surface area contributed by atoms with Crippen LogP contribution in [0.3, 0.4) is 0 Å². The number of aromatic nitrogens is 2. The van der Waals surface area contributed by atoms with Gasteiger partial charge in [-0.15, -0.1) is 0 Å². The van der Waals surface area contributed by atoms with E-state index in [4.69, 9.17) is 9.47 Å². The lowest BCUT2D eigenvalue weighted by Gasteiger charge is -2.12. The number of ether oxygens (including phenoxy) is 2. The van der Waals surface area contributed by atoms with E-state index in [2.05, 4.69) is 9.71 Å². The summed E-state index contributed by atoms with van der Waals surface area (Å²) in [5, 5.41) is 0. The van der Waals surface area contributed by atoms with Crippen LogP contribution in [-0.4, -0.2) is 38.7 Å². The standard InChI is InChI=1S/C17H18FN3O5S/c1-25-12-4-6-15(26-2)16(10-12)27(23,24)19-7-8-21-14-5-3-11(18)9-13(14)20-17(21)22/h3-6,9-10,19H,7-8H2,1-2H3,(H,20,22). The minimum atomic E-state index is -3.90. The number of methoxy groups -OCH3 is 2. The third kappa shape index (κ3) is 3.81. The molecular formula is C17H18FN3O5S. The van der Waals surface area contributed by atoms with E-state index in [-0.39, 0.29) is 23.7 Å². The molecule has 2 aromatic carbocycles. The van der Waals surface area contributed by atoms with Crippen molar-refractivity contribution in [2.75, 3.05) is 20.8 Å². The Morgan fingerprint density at radius 3 is 2.63 bits per heavy atom. The average molecular weight is 395 g/mol. The maximum absolute atomic E-state index is 13.3. The number of hydrogen-bond acceptors (Lipinski definition) is 5. The number of nitrogens with one attached hydrogen (secondary N) is 2. The second kappa shape index (κ2) is 7.41. The van der Waals surface area contributed by atoms with Crippen LogP contribution < -0.4 is 19.9 Å². The van der Waals surface area contributed by atoms with Crippen LogP contribution in [0, 0.1) is 5.82 Å². The quantitative estimate of drug-likeness (QED) is 0.631. The molecule has 0 saturated carbocycles. The molecule has 0 saturated heterocycles. The van der Waals surface area contributed by atoms with Crippen LogP contribution >= 0.6 is 0 Å². The van der Waals surface area contributed by atoms with E-state index in [1.807, 2.05) is 0 Å². The van der Waals surface area contributed by atoms with E-state index in [9.17, 15) is 17.6 Å². The zero-order valence-electron chi connectivity index (χ0n) is 14.7. The molecule has 144 valence electrons. The number of aromatic amines is 1. The van der Waals surface area contributed by atoms with Gasteiger partial charge in [-0.2, -0.15) is 0 Å². The summed E-state index contributed by atoms with van der Waals surface area (Å²) in [6.45, 7) is 0.0168. The molecule has 10 heteroatoms. The summed E-state index contributed by atoms with van der Waals surface area (Å²) in [7, 11) is -1.11. The van der Waals surface area contributed by atoms with Crippen LogP contribution in [0.15, 0.2) is 46.1 Å². The molecule has 2 N–H and O–H groups in total. The Balaban J connectivity index is 1.81. The number of hydrogen-bond donors (Lipinski definition) is 2. The van der Waals surface area contributed by atoms with Crippen LogP contribution in [-0.2, 0) is 16.6 Å². The highest BCUT2D eigenvalue weighted by Gasteiger charge is 2.20. The Hall–Kier alpha value is -2.85. The van der Waals surface area contributed by atoms with Crippen molar-refractivity contribution in [3.05, 3.63) is 52.7 Å². The molecule has 0 atom stereocenters. The fraction of sp³-hybridized carbons (Fsp3) is 0.235. The van der Waals surface area contributed by atoms with Crippen LogP contribution in [0.25, 0.3) is 11.0 Å². The molecule has 3 aromatic rings. The van der Waals surface area contributed by atoms with Gasteiger partial charge in [0.05, 0.1) is 25.3 Å². The first-order chi connectivity index (χ1) is 12.9. The van der Waals surface area contributed by atoms with Gasteiger partial charge in [0.15, 0.2) is 0 Å². The van der Waals surface area contributed by atoms with Gasteiger partial charge in [0, 0.05) is 19.2 Å². The fourth-order valence-electron chi connectivity index (χ4n) is 2.72. The third-order valence-electron chi connectivity index (χ3n) is 4.02. The number of imidazole rings is 1. The minimum Gasteiger partial charge on any atom is -0.497 e. The molecule has 0 spiro atoms. The number of sulfonamides is 1. The Labute approximate surface area is 154 Å². The highest BCUT2D eigenvalue weighted by molar-refractivity contribution is 7.89. The van der Waals surface area contributed by atoms with Crippen LogP contribution in [0.5, 0.6) is 11.5 Å². The summed E-state index contributed by atoms with van der Waals surface area (Å²) < 4.78 is 52.4. The molecular weight excluding hydrogens is 377 g/mol. The normalized spacial score (nSPS) is 11.7. The van der Waals surface area contributed by atoms with E-state index in [0.717, 1.165) is 0 Å². The summed E-state index contributed by atoms with van der Waals surface area (Å²) in [5.74, 6) is 0.0656. The Bertz CT molecular complexity index is 1140. The molecule has 0 bridgehead atoms. The van der Waals surface area contributed by atoms with Crippen molar-refractivity contribution in [1.82, 2.24) is 14.3 Å². The van der Waals surface area contributed by atoms with Gasteiger partial charge in [-0.3, -0.25) is 4.57 Å². The van der Waals surface area contributed by atoms with Gasteiger partial charge in [-0.1, -0.05) is 0 Å². The fourth-order valence-corrected chi connectivity index (χ4v) is 3.92. The maximum Gasteiger partial charge on any atom is 0.326 e. The molecule has 0 aliphatic carbocycles. The first-order valence-electron chi connectivity index (χ1n) is 7.95. The summed E-state index contributed by atoms with van der Waals surface area (Å²) in [4.78, 5) is 14.5. The van der Waals surface area contributed by atoms with Crippen molar-refractivity contribution in [2.24, 2.45) is 0 Å². The van der Waals surface area contributed by atoms with E-state index in [1.165, 1.54) is 49.1 Å². The minimum absolute atomic E-state index is 0.0487. The summed E-state index contributed by atoms with van der Waals surface area (Å²) in [6.07, 6.45) is 0. The number of fused-ring (bicyclic) bond motifs is 1. The van der Waals surface area contributed by atoms with Gasteiger partial charge in [-0.05, 0) is 30.3 Å². The lowest BCUT2D eigenvalue weighted by Crippen LogP contribution is -2.30. The topological polar surface area (TPSA) is 102 Å². The van der Waals surface area contributed by atoms with Crippen LogP contribution in [0.4, 0.5) is 4.39 Å². The van der Waals surface area contributed by atoms with Crippen molar-refractivity contribution in [1.29, 1.82) is 0 Å². The molecule has 0 aliphatic rings. The molecule has 1 aromatic heterocycles. The van der Waals surface area contributed by atoms with Gasteiger partial charge >= 0.3 is 5.69 Å². The second-order valence-corrected chi connectivity index (χ2v) is 7.39. The molecule has 0 aliphatic heterocycles. The molecule has 0 radical (unpaired) electrons. The number of H-pyrrole nitrogens is 1. The summed E-state index contributed by atoms with van der Waals surface area (Å²) in [5.41, 5.74) is 0.380. The monoisotopic (exact) mass is 395 g/mol. The Kier molecular flexibility index (Phi) is 5.19. The zero-order chi connectivity index (χ0) is 19.6. The van der Waals surface area contributed by atoms with Gasteiger partial charge in [-0.25, -0.2) is 22.3 Å². The van der Waals surface area contributed by atoms with Gasteiger partial charge in [0.25, 0.3) is 0 Å². The van der Waals surface area contributed by atoms with Crippen molar-refractivity contribution < 1.29 is 22.3 Å². The molecule has 27 heavy (non-hydrogen) atoms. The van der Waals surface area contributed by atoms with Crippen molar-refractivity contribution in [3.63, 3.8) is 0 Å². The van der Waals surface area contributed by atoms with Gasteiger partial charge in [0.2, 0.25) is 10.0 Å². The predicted octanol–water partition coefficient (Wildman–Crippen LogP) is 1.46. The molecule has 3 rings (SSSR count). The third-order valence-corrected chi connectivity index (χ3v) is 5.51. The summed E-state index contributed by atoms with van der Waals surface area (Å²) >= 11 is 0. The highest BCUT2D eigenvalue weighted by atomic mass is 32.2. The number of rotatable bonds is 7. The summed E-state index contributed by atoms with van der Waals surface area (Å²) in [6, 6.07) is 8.33.